The number of carbonyl (C=O) groups excluding carboxylic acids is 1. The van der Waals surface area contributed by atoms with Gasteiger partial charge < -0.3 is 14.4 Å². The fraction of sp³-hybridized carbons (Fsp3) is 0.400. The van der Waals surface area contributed by atoms with Gasteiger partial charge in [-0.3, -0.25) is 4.79 Å². The quantitative estimate of drug-likeness (QED) is 0.346. The van der Waals surface area contributed by atoms with E-state index in [9.17, 15) is 4.79 Å². The van der Waals surface area contributed by atoms with E-state index in [1.807, 2.05) is 24.3 Å². The number of esters is 1. The number of carbonyl (C=O) groups is 1. The zero-order chi connectivity index (χ0) is 15.7. The lowest BCUT2D eigenvalue weighted by molar-refractivity contribution is -0.143. The molecule has 0 aromatic heterocycles. The molecule has 0 radical (unpaired) electrons. The van der Waals surface area contributed by atoms with Crippen LogP contribution >= 0.6 is 0 Å². The van der Waals surface area contributed by atoms with Gasteiger partial charge in [0, 0.05) is 6.54 Å². The highest BCUT2D eigenvalue weighted by molar-refractivity contribution is 5.84. The Morgan fingerprint density at radius 1 is 1.38 bits per heavy atom. The Bertz CT molecular complexity index is 532. The first kappa shape index (κ1) is 16.5. The summed E-state index contributed by atoms with van der Waals surface area (Å²) in [6.07, 6.45) is 1.73. The number of rotatable bonds is 6. The van der Waals surface area contributed by atoms with Gasteiger partial charge in [0.05, 0.1) is 13.7 Å². The molecule has 0 N–H and O–H groups in total. The highest BCUT2D eigenvalue weighted by atomic mass is 16.5. The second-order valence-electron chi connectivity index (χ2n) is 4.27. The minimum absolute atomic E-state index is 0.0525. The van der Waals surface area contributed by atoms with Crippen LogP contribution in [0.5, 0.6) is 5.75 Å². The molecule has 0 aliphatic heterocycles. The van der Waals surface area contributed by atoms with Crippen molar-refractivity contribution in [3.05, 3.63) is 29.8 Å². The molecule has 0 spiro atoms. The normalized spacial score (nSPS) is 10.7. The van der Waals surface area contributed by atoms with Crippen molar-refractivity contribution < 1.29 is 14.3 Å². The third-order valence-corrected chi connectivity index (χ3v) is 2.83. The van der Waals surface area contributed by atoms with Crippen molar-refractivity contribution in [1.82, 2.24) is 4.90 Å². The van der Waals surface area contributed by atoms with Crippen molar-refractivity contribution in [2.45, 2.75) is 20.4 Å². The second kappa shape index (κ2) is 8.59. The first-order valence-corrected chi connectivity index (χ1v) is 6.57. The zero-order valence-electron chi connectivity index (χ0n) is 12.5. The summed E-state index contributed by atoms with van der Waals surface area (Å²) in [7, 11) is 1.60. The number of benzene rings is 1. The van der Waals surface area contributed by atoms with Crippen LogP contribution in [0.1, 0.15) is 19.4 Å². The number of methoxy groups -OCH3 is 1. The monoisotopic (exact) mass is 289 g/mol. The van der Waals surface area contributed by atoms with E-state index in [-0.39, 0.29) is 12.5 Å². The molecule has 0 bridgehead atoms. The van der Waals surface area contributed by atoms with Gasteiger partial charge in [-0.2, -0.15) is 10.3 Å². The van der Waals surface area contributed by atoms with Crippen molar-refractivity contribution in [2.24, 2.45) is 4.99 Å². The summed E-state index contributed by atoms with van der Waals surface area (Å²) in [4.78, 5) is 17.0. The Hall–Kier alpha value is -2.55. The van der Waals surface area contributed by atoms with Gasteiger partial charge in [-0.25, -0.2) is 0 Å². The van der Waals surface area contributed by atoms with Gasteiger partial charge in [-0.05, 0) is 31.5 Å². The molecule has 112 valence electrons. The molecule has 1 aromatic rings. The summed E-state index contributed by atoms with van der Waals surface area (Å²) < 4.78 is 10.0. The van der Waals surface area contributed by atoms with Gasteiger partial charge >= 0.3 is 5.97 Å². The van der Waals surface area contributed by atoms with Crippen molar-refractivity contribution in [3.8, 4) is 11.9 Å². The first-order valence-electron chi connectivity index (χ1n) is 6.57. The standard InChI is InChI=1S/C15H19N3O3/c1-4-21-15(19)10-18(12(2)17-11-16)9-13-5-7-14(20-3)8-6-13/h5-8H,4,9-10H2,1-3H3. The van der Waals surface area contributed by atoms with Crippen LogP contribution in [0.2, 0.25) is 0 Å². The van der Waals surface area contributed by atoms with Crippen LogP contribution in [-0.2, 0) is 16.1 Å². The van der Waals surface area contributed by atoms with Crippen molar-refractivity contribution in [1.29, 1.82) is 5.26 Å². The molecule has 1 aromatic carbocycles. The summed E-state index contributed by atoms with van der Waals surface area (Å²) in [6, 6.07) is 7.48. The van der Waals surface area contributed by atoms with Gasteiger partial charge in [0.1, 0.15) is 18.1 Å². The maximum absolute atomic E-state index is 11.6. The van der Waals surface area contributed by atoms with E-state index in [1.54, 1.807) is 32.1 Å². The minimum Gasteiger partial charge on any atom is -0.497 e. The first-order chi connectivity index (χ1) is 10.1. The lowest BCUT2D eigenvalue weighted by atomic mass is 10.2. The van der Waals surface area contributed by atoms with Crippen LogP contribution in [-0.4, -0.2) is 37.0 Å². The summed E-state index contributed by atoms with van der Waals surface area (Å²) in [5, 5.41) is 8.66. The molecule has 21 heavy (non-hydrogen) atoms. The molecule has 6 heteroatoms. The fourth-order valence-corrected chi connectivity index (χ4v) is 1.74. The largest absolute Gasteiger partial charge is 0.497 e. The molecular formula is C15H19N3O3. The average molecular weight is 289 g/mol. The summed E-state index contributed by atoms with van der Waals surface area (Å²) in [5.41, 5.74) is 0.979. The maximum atomic E-state index is 11.6. The fourth-order valence-electron chi connectivity index (χ4n) is 1.74. The topological polar surface area (TPSA) is 74.9 Å². The Balaban J connectivity index is 2.83. The lowest BCUT2D eigenvalue weighted by Crippen LogP contribution is -2.34. The van der Waals surface area contributed by atoms with Crippen LogP contribution in [0.3, 0.4) is 0 Å². The Labute approximate surface area is 124 Å². The summed E-state index contributed by atoms with van der Waals surface area (Å²) in [6.45, 7) is 4.27. The average Bonchev–Trinajstić information content (AvgIpc) is 2.48. The molecular weight excluding hydrogens is 270 g/mol. The van der Waals surface area contributed by atoms with Crippen LogP contribution in [0.15, 0.2) is 29.3 Å². The number of amidine groups is 1. The van der Waals surface area contributed by atoms with E-state index in [0.29, 0.717) is 19.0 Å². The number of hydrogen-bond donors (Lipinski definition) is 0. The number of nitriles is 1. The van der Waals surface area contributed by atoms with Crippen molar-refractivity contribution >= 4 is 11.8 Å². The minimum atomic E-state index is -0.349. The Morgan fingerprint density at radius 2 is 2.05 bits per heavy atom. The summed E-state index contributed by atoms with van der Waals surface area (Å²) >= 11 is 0. The van der Waals surface area contributed by atoms with Gasteiger partial charge in [0.25, 0.3) is 0 Å². The van der Waals surface area contributed by atoms with Crippen molar-refractivity contribution in [3.63, 3.8) is 0 Å². The highest BCUT2D eigenvalue weighted by Crippen LogP contribution is 2.13. The zero-order valence-corrected chi connectivity index (χ0v) is 12.5. The molecule has 0 saturated carbocycles. The van der Waals surface area contributed by atoms with E-state index in [1.165, 1.54) is 0 Å². The predicted octanol–water partition coefficient (Wildman–Crippen LogP) is 1.96. The van der Waals surface area contributed by atoms with E-state index >= 15 is 0 Å². The number of nitrogens with zero attached hydrogens (tertiary/aromatic N) is 3. The molecule has 0 aliphatic carbocycles. The van der Waals surface area contributed by atoms with E-state index < -0.39 is 0 Å². The van der Waals surface area contributed by atoms with E-state index in [2.05, 4.69) is 4.99 Å². The van der Waals surface area contributed by atoms with Gasteiger partial charge in [-0.1, -0.05) is 12.1 Å². The SMILES string of the molecule is CCOC(=O)CN(Cc1ccc(OC)cc1)C(C)=NC#N. The Morgan fingerprint density at radius 3 is 2.57 bits per heavy atom. The number of ether oxygens (including phenoxy) is 2. The predicted molar refractivity (Wildman–Crippen MR) is 78.8 cm³/mol. The van der Waals surface area contributed by atoms with Gasteiger partial charge in [0.15, 0.2) is 0 Å². The van der Waals surface area contributed by atoms with Gasteiger partial charge in [-0.15, -0.1) is 0 Å². The number of aliphatic imine (C=N–C) groups is 1. The molecule has 0 aliphatic rings. The summed E-state index contributed by atoms with van der Waals surface area (Å²) in [5.74, 6) is 0.887. The van der Waals surface area contributed by atoms with E-state index in [0.717, 1.165) is 11.3 Å². The molecule has 6 nitrogen and oxygen atoms in total. The van der Waals surface area contributed by atoms with E-state index in [4.69, 9.17) is 14.7 Å². The molecule has 0 amide bonds. The third kappa shape index (κ3) is 5.53. The molecule has 0 saturated heterocycles. The smallest absolute Gasteiger partial charge is 0.325 e. The molecule has 0 unspecified atom stereocenters. The van der Waals surface area contributed by atoms with Crippen LogP contribution in [0.4, 0.5) is 0 Å². The van der Waals surface area contributed by atoms with Crippen LogP contribution in [0.25, 0.3) is 0 Å². The van der Waals surface area contributed by atoms with Crippen LogP contribution in [0, 0.1) is 11.5 Å². The molecule has 1 rings (SSSR count). The number of hydrogen-bond acceptors (Lipinski definition) is 5. The molecule has 0 fully saturated rings. The lowest BCUT2D eigenvalue weighted by Gasteiger charge is -2.22. The maximum Gasteiger partial charge on any atom is 0.325 e. The molecule has 0 heterocycles. The highest BCUT2D eigenvalue weighted by Gasteiger charge is 2.14. The second-order valence-corrected chi connectivity index (χ2v) is 4.27. The van der Waals surface area contributed by atoms with Crippen molar-refractivity contribution in [2.75, 3.05) is 20.3 Å². The van der Waals surface area contributed by atoms with Crippen LogP contribution < -0.4 is 4.74 Å². The Kier molecular flexibility index (Phi) is 6.75. The molecule has 0 atom stereocenters. The third-order valence-electron chi connectivity index (χ3n) is 2.83. The van der Waals surface area contributed by atoms with Gasteiger partial charge in [0.2, 0.25) is 6.19 Å².